The first-order chi connectivity index (χ1) is 18.6. The van der Waals surface area contributed by atoms with Crippen molar-refractivity contribution in [1.82, 2.24) is 5.32 Å². The Morgan fingerprint density at radius 1 is 0.850 bits per heavy atom. The number of carboxylic acid groups (broad SMARTS) is 1. The summed E-state index contributed by atoms with van der Waals surface area (Å²) in [7, 11) is 0. The van der Waals surface area contributed by atoms with E-state index in [4.69, 9.17) is 23.7 Å². The predicted molar refractivity (Wildman–Crippen MR) is 147 cm³/mol. The first-order valence-electron chi connectivity index (χ1n) is 13.7. The summed E-state index contributed by atoms with van der Waals surface area (Å²) in [5, 5.41) is 13.2. The summed E-state index contributed by atoms with van der Waals surface area (Å²) in [5.41, 5.74) is -1.80. The number of carbonyl (C=O) groups is 4. The van der Waals surface area contributed by atoms with Crippen LogP contribution in [-0.4, -0.2) is 54.3 Å². The Hall–Kier alpha value is -3.34. The molecule has 0 saturated carbocycles. The Balaban J connectivity index is 3.46. The van der Waals surface area contributed by atoms with Gasteiger partial charge in [-0.3, -0.25) is 10.1 Å². The minimum absolute atomic E-state index is 0.0475. The van der Waals surface area contributed by atoms with E-state index in [0.717, 1.165) is 0 Å². The summed E-state index contributed by atoms with van der Waals surface area (Å²) in [4.78, 5) is 50.1. The topological polar surface area (TPSA) is 147 Å². The molecule has 0 aliphatic rings. The van der Waals surface area contributed by atoms with Crippen LogP contribution >= 0.6 is 0 Å². The van der Waals surface area contributed by atoms with Crippen molar-refractivity contribution in [1.29, 1.82) is 0 Å². The maximum atomic E-state index is 12.9. The molecule has 1 rings (SSSR count). The fourth-order valence-corrected chi connectivity index (χ4v) is 3.16. The molecule has 40 heavy (non-hydrogen) atoms. The second-order valence-corrected chi connectivity index (χ2v) is 11.1. The first-order valence-corrected chi connectivity index (χ1v) is 13.7. The van der Waals surface area contributed by atoms with Gasteiger partial charge in [0.15, 0.2) is 11.5 Å². The number of carbonyl (C=O) groups excluding carboxylic acids is 3. The average molecular weight is 568 g/mol. The Kier molecular flexibility index (Phi) is 13.9. The van der Waals surface area contributed by atoms with Gasteiger partial charge in [0, 0.05) is 12.5 Å². The highest BCUT2D eigenvalue weighted by Gasteiger charge is 2.45. The van der Waals surface area contributed by atoms with Crippen LogP contribution in [0.3, 0.4) is 0 Å². The maximum Gasteiger partial charge on any atom is 0.513 e. The van der Waals surface area contributed by atoms with Crippen molar-refractivity contribution in [3.63, 3.8) is 0 Å². The minimum atomic E-state index is -2.12. The van der Waals surface area contributed by atoms with Gasteiger partial charge in [-0.1, -0.05) is 61.5 Å². The number of benzene rings is 1. The van der Waals surface area contributed by atoms with E-state index in [1.807, 2.05) is 48.5 Å². The highest BCUT2D eigenvalue weighted by molar-refractivity contribution is 5.83. The van der Waals surface area contributed by atoms with Gasteiger partial charge >= 0.3 is 24.2 Å². The molecule has 0 fully saturated rings. The molecule has 11 heteroatoms. The van der Waals surface area contributed by atoms with E-state index in [1.54, 1.807) is 13.8 Å². The van der Waals surface area contributed by atoms with Crippen LogP contribution in [-0.2, 0) is 30.2 Å². The van der Waals surface area contributed by atoms with Gasteiger partial charge in [-0.15, -0.1) is 0 Å². The van der Waals surface area contributed by atoms with E-state index in [2.05, 4.69) is 5.32 Å². The lowest BCUT2D eigenvalue weighted by Crippen LogP contribution is -2.60. The number of esters is 1. The van der Waals surface area contributed by atoms with Crippen molar-refractivity contribution in [2.45, 2.75) is 86.9 Å². The van der Waals surface area contributed by atoms with Gasteiger partial charge in [0.25, 0.3) is 5.72 Å². The quantitative estimate of drug-likeness (QED) is 0.118. The molecule has 0 aliphatic carbocycles. The van der Waals surface area contributed by atoms with Crippen molar-refractivity contribution in [2.75, 3.05) is 13.2 Å². The summed E-state index contributed by atoms with van der Waals surface area (Å²) >= 11 is 0. The van der Waals surface area contributed by atoms with Gasteiger partial charge in [0.05, 0.1) is 19.1 Å². The summed E-state index contributed by atoms with van der Waals surface area (Å²) in [5.74, 6) is -2.92. The van der Waals surface area contributed by atoms with Crippen LogP contribution in [0, 0.1) is 23.7 Å². The third-order valence-corrected chi connectivity index (χ3v) is 6.00. The third-order valence-electron chi connectivity index (χ3n) is 6.00. The van der Waals surface area contributed by atoms with Crippen LogP contribution in [0.5, 0.6) is 11.5 Å². The molecule has 0 amide bonds. The normalized spacial score (nSPS) is 14.3. The molecule has 226 valence electrons. The zero-order valence-corrected chi connectivity index (χ0v) is 25.1. The lowest BCUT2D eigenvalue weighted by Gasteiger charge is -2.34. The van der Waals surface area contributed by atoms with E-state index >= 15 is 0 Å². The predicted octanol–water partition coefficient (Wildman–Crippen LogP) is 5.58. The lowest BCUT2D eigenvalue weighted by molar-refractivity contribution is -0.188. The lowest BCUT2D eigenvalue weighted by atomic mass is 9.97. The minimum Gasteiger partial charge on any atom is -0.477 e. The Bertz CT molecular complexity index is 1010. The molecule has 11 nitrogen and oxygen atoms in total. The molecule has 3 atom stereocenters. The van der Waals surface area contributed by atoms with Crippen molar-refractivity contribution in [3.8, 4) is 11.5 Å². The summed E-state index contributed by atoms with van der Waals surface area (Å²) in [6.07, 6.45) is -1.80. The molecule has 2 unspecified atom stereocenters. The van der Waals surface area contributed by atoms with Crippen LogP contribution in [0.25, 0.3) is 0 Å². The summed E-state index contributed by atoms with van der Waals surface area (Å²) in [6.45, 7) is 16.6. The van der Waals surface area contributed by atoms with Gasteiger partial charge in [-0.2, -0.15) is 0 Å². The average Bonchev–Trinajstić information content (AvgIpc) is 2.86. The van der Waals surface area contributed by atoms with Gasteiger partial charge in [-0.05, 0) is 48.8 Å². The Morgan fingerprint density at radius 2 is 1.38 bits per heavy atom. The fourth-order valence-electron chi connectivity index (χ4n) is 3.16. The number of hydrogen-bond acceptors (Lipinski definition) is 10. The molecule has 0 heterocycles. The maximum absolute atomic E-state index is 12.9. The number of rotatable bonds is 15. The monoisotopic (exact) mass is 567 g/mol. The van der Waals surface area contributed by atoms with Crippen LogP contribution in [0.1, 0.15) is 74.3 Å². The smallest absolute Gasteiger partial charge is 0.477 e. The largest absolute Gasteiger partial charge is 0.513 e. The molecular weight excluding hydrogens is 522 g/mol. The highest BCUT2D eigenvalue weighted by Crippen LogP contribution is 2.32. The third kappa shape index (κ3) is 11.4. The van der Waals surface area contributed by atoms with E-state index in [9.17, 15) is 24.3 Å². The van der Waals surface area contributed by atoms with Crippen LogP contribution in [0.4, 0.5) is 9.59 Å². The number of ether oxygens (including phenoxy) is 5. The molecule has 0 radical (unpaired) electrons. The highest BCUT2D eigenvalue weighted by atomic mass is 16.7. The van der Waals surface area contributed by atoms with E-state index in [0.29, 0.717) is 12.0 Å². The summed E-state index contributed by atoms with van der Waals surface area (Å²) in [6, 6.07) is 3.83. The van der Waals surface area contributed by atoms with Crippen molar-refractivity contribution < 1.29 is 48.0 Å². The number of carboxylic acids is 1. The molecule has 2 N–H and O–H groups in total. The van der Waals surface area contributed by atoms with Crippen LogP contribution < -0.4 is 14.8 Å². The van der Waals surface area contributed by atoms with Gasteiger partial charge < -0.3 is 28.8 Å². The molecule has 0 aliphatic heterocycles. The zero-order valence-electron chi connectivity index (χ0n) is 25.1. The molecule has 1 aromatic rings. The number of aliphatic carboxylic acids is 1. The van der Waals surface area contributed by atoms with Crippen LogP contribution in [0.2, 0.25) is 0 Å². The van der Waals surface area contributed by atoms with Gasteiger partial charge in [0.2, 0.25) is 0 Å². The second kappa shape index (κ2) is 16.1. The van der Waals surface area contributed by atoms with Crippen LogP contribution in [0.15, 0.2) is 18.2 Å². The molecule has 0 aromatic heterocycles. The second-order valence-electron chi connectivity index (χ2n) is 11.1. The van der Waals surface area contributed by atoms with E-state index in [-0.39, 0.29) is 54.9 Å². The van der Waals surface area contributed by atoms with Crippen molar-refractivity contribution in [2.24, 2.45) is 23.7 Å². The molecule has 1 aromatic carbocycles. The first kappa shape index (κ1) is 34.7. The fraction of sp³-hybridized carbons (Fsp3) is 0.655. The van der Waals surface area contributed by atoms with Gasteiger partial charge in [0.1, 0.15) is 0 Å². The van der Waals surface area contributed by atoms with E-state index < -0.39 is 35.9 Å². The molecule has 0 bridgehead atoms. The number of nitrogens with one attached hydrogen (secondary N) is 1. The van der Waals surface area contributed by atoms with Crippen molar-refractivity contribution >= 4 is 24.2 Å². The molecule has 0 spiro atoms. The molecular formula is C29H45NO10. The number of hydrogen-bond donors (Lipinski definition) is 2. The molecule has 0 saturated heterocycles. The SMILES string of the molecule is CCC(C)N[C@@](Cc1ccc(OC(=O)OCC(C)C)c(OC(=O)OCC(C)C)c1)(OC(=O)C(C)C(C)C)C(=O)O. The zero-order chi connectivity index (χ0) is 30.6. The van der Waals surface area contributed by atoms with E-state index in [1.165, 1.54) is 18.2 Å². The standard InChI is InChI=1S/C29H45NO10/c1-10-20(8)30-29(26(32)33,40-25(31)21(9)19(6)7)14-22-11-12-23(38-27(34)36-15-17(2)3)24(13-22)39-28(35)37-16-18(4)5/h11-13,17-21,30H,10,14-16H2,1-9H3,(H,32,33)/t20?,21?,29-/m0/s1. The Morgan fingerprint density at radius 3 is 1.82 bits per heavy atom. The summed E-state index contributed by atoms with van der Waals surface area (Å²) < 4.78 is 26.4. The van der Waals surface area contributed by atoms with Crippen molar-refractivity contribution in [3.05, 3.63) is 23.8 Å². The van der Waals surface area contributed by atoms with Gasteiger partial charge in [-0.25, -0.2) is 14.4 Å². The Labute approximate surface area is 236 Å².